The summed E-state index contributed by atoms with van der Waals surface area (Å²) in [6.07, 6.45) is 3.43. The predicted octanol–water partition coefficient (Wildman–Crippen LogP) is 1.78. The molecule has 5 heteroatoms. The molecule has 0 saturated heterocycles. The van der Waals surface area contributed by atoms with E-state index in [1.165, 1.54) is 18.9 Å². The van der Waals surface area contributed by atoms with Gasteiger partial charge in [0.25, 0.3) is 0 Å². The Morgan fingerprint density at radius 3 is 2.73 bits per heavy atom. The third-order valence-electron chi connectivity index (χ3n) is 1.97. The van der Waals surface area contributed by atoms with E-state index in [0.29, 0.717) is 5.82 Å². The zero-order valence-corrected chi connectivity index (χ0v) is 8.73. The van der Waals surface area contributed by atoms with E-state index in [-0.39, 0.29) is 5.69 Å². The van der Waals surface area contributed by atoms with E-state index < -0.39 is 5.97 Å². The molecule has 0 atom stereocenters. The van der Waals surface area contributed by atoms with Gasteiger partial charge in [-0.1, -0.05) is 19.8 Å². The Morgan fingerprint density at radius 2 is 2.20 bits per heavy atom. The number of aromatic carboxylic acids is 1. The first-order valence-electron chi connectivity index (χ1n) is 5.05. The number of carboxylic acids is 1. The largest absolute Gasteiger partial charge is 0.476 e. The molecule has 0 saturated carbocycles. The molecule has 0 bridgehead atoms. The molecule has 0 aliphatic heterocycles. The Morgan fingerprint density at radius 1 is 1.40 bits per heavy atom. The highest BCUT2D eigenvalue weighted by Crippen LogP contribution is 2.02. The molecule has 5 nitrogen and oxygen atoms in total. The second-order valence-electron chi connectivity index (χ2n) is 3.24. The molecule has 0 aromatic carbocycles. The zero-order valence-electron chi connectivity index (χ0n) is 8.73. The molecule has 15 heavy (non-hydrogen) atoms. The van der Waals surface area contributed by atoms with Gasteiger partial charge in [0.15, 0.2) is 5.69 Å². The van der Waals surface area contributed by atoms with Crippen molar-refractivity contribution < 1.29 is 9.90 Å². The molecule has 82 valence electrons. The fourth-order valence-corrected chi connectivity index (χ4v) is 1.13. The summed E-state index contributed by atoms with van der Waals surface area (Å²) in [7, 11) is 0. The topological polar surface area (TPSA) is 75.1 Å². The van der Waals surface area contributed by atoms with Crippen LogP contribution >= 0.6 is 0 Å². The molecule has 0 aliphatic carbocycles. The van der Waals surface area contributed by atoms with Gasteiger partial charge >= 0.3 is 5.97 Å². The molecular formula is C10H15N3O2. The monoisotopic (exact) mass is 209 g/mol. The molecule has 0 amide bonds. The van der Waals surface area contributed by atoms with Gasteiger partial charge in [-0.2, -0.15) is 0 Å². The van der Waals surface area contributed by atoms with E-state index in [2.05, 4.69) is 22.4 Å². The second-order valence-corrected chi connectivity index (χ2v) is 3.24. The summed E-state index contributed by atoms with van der Waals surface area (Å²) in [6.45, 7) is 2.98. The minimum atomic E-state index is -1.06. The lowest BCUT2D eigenvalue weighted by atomic mass is 10.2. The van der Waals surface area contributed by atoms with Crippen molar-refractivity contribution in [2.75, 3.05) is 11.9 Å². The van der Waals surface area contributed by atoms with Crippen LogP contribution in [0.3, 0.4) is 0 Å². The number of hydrogen-bond donors (Lipinski definition) is 2. The molecule has 0 aliphatic rings. The van der Waals surface area contributed by atoms with Crippen molar-refractivity contribution >= 4 is 11.8 Å². The zero-order chi connectivity index (χ0) is 11.1. The van der Waals surface area contributed by atoms with Crippen molar-refractivity contribution in [3.8, 4) is 0 Å². The summed E-state index contributed by atoms with van der Waals surface area (Å²) in [5.41, 5.74) is -0.0332. The van der Waals surface area contributed by atoms with Crippen LogP contribution in [0, 0.1) is 0 Å². The highest BCUT2D eigenvalue weighted by atomic mass is 16.4. The Hall–Kier alpha value is -1.65. The van der Waals surface area contributed by atoms with E-state index in [1.54, 1.807) is 6.07 Å². The fraction of sp³-hybridized carbons (Fsp3) is 0.500. The molecule has 1 aromatic rings. The van der Waals surface area contributed by atoms with Crippen LogP contribution in [-0.2, 0) is 0 Å². The molecule has 1 aromatic heterocycles. The second kappa shape index (κ2) is 5.95. The Bertz CT molecular complexity index is 311. The summed E-state index contributed by atoms with van der Waals surface area (Å²) in [5, 5.41) is 19.0. The fourth-order valence-electron chi connectivity index (χ4n) is 1.13. The van der Waals surface area contributed by atoms with Gasteiger partial charge in [-0.15, -0.1) is 10.2 Å². The first kappa shape index (κ1) is 11.4. The van der Waals surface area contributed by atoms with Crippen LogP contribution in [0.2, 0.25) is 0 Å². The van der Waals surface area contributed by atoms with E-state index >= 15 is 0 Å². The minimum absolute atomic E-state index is 0.0332. The van der Waals surface area contributed by atoms with E-state index in [4.69, 9.17) is 5.11 Å². The van der Waals surface area contributed by atoms with Gasteiger partial charge in [-0.05, 0) is 18.6 Å². The van der Waals surface area contributed by atoms with Crippen LogP contribution in [0.5, 0.6) is 0 Å². The third-order valence-corrected chi connectivity index (χ3v) is 1.97. The number of carbonyl (C=O) groups is 1. The average molecular weight is 209 g/mol. The van der Waals surface area contributed by atoms with Crippen molar-refractivity contribution in [1.82, 2.24) is 10.2 Å². The summed E-state index contributed by atoms with van der Waals surface area (Å²) >= 11 is 0. The van der Waals surface area contributed by atoms with Crippen molar-refractivity contribution in [2.24, 2.45) is 0 Å². The maximum atomic E-state index is 10.5. The number of rotatable bonds is 6. The van der Waals surface area contributed by atoms with Crippen molar-refractivity contribution in [1.29, 1.82) is 0 Å². The number of nitrogens with one attached hydrogen (secondary N) is 1. The van der Waals surface area contributed by atoms with E-state index in [1.807, 2.05) is 0 Å². The standard InChI is InChI=1S/C10H15N3O2/c1-2-3-4-7-11-9-6-5-8(10(14)15)12-13-9/h5-6H,2-4,7H2,1H3,(H,11,13)(H,14,15). The third kappa shape index (κ3) is 3.93. The van der Waals surface area contributed by atoms with Crippen LogP contribution in [-0.4, -0.2) is 27.8 Å². The molecule has 1 rings (SSSR count). The number of aromatic nitrogens is 2. The Labute approximate surface area is 88.5 Å². The first-order chi connectivity index (χ1) is 7.24. The maximum absolute atomic E-state index is 10.5. The van der Waals surface area contributed by atoms with Crippen molar-refractivity contribution in [3.05, 3.63) is 17.8 Å². The normalized spacial score (nSPS) is 9.93. The van der Waals surface area contributed by atoms with Gasteiger partial charge in [0.05, 0.1) is 0 Å². The predicted molar refractivity (Wildman–Crippen MR) is 57.0 cm³/mol. The van der Waals surface area contributed by atoms with Crippen molar-refractivity contribution in [2.45, 2.75) is 26.2 Å². The minimum Gasteiger partial charge on any atom is -0.476 e. The van der Waals surface area contributed by atoms with Crippen LogP contribution in [0.15, 0.2) is 12.1 Å². The lowest BCUT2D eigenvalue weighted by molar-refractivity contribution is 0.0689. The van der Waals surface area contributed by atoms with Crippen LogP contribution in [0.25, 0.3) is 0 Å². The number of unbranched alkanes of at least 4 members (excludes halogenated alkanes) is 2. The van der Waals surface area contributed by atoms with Crippen LogP contribution in [0.4, 0.5) is 5.82 Å². The Kier molecular flexibility index (Phi) is 4.53. The van der Waals surface area contributed by atoms with Crippen LogP contribution < -0.4 is 5.32 Å². The average Bonchev–Trinajstić information content (AvgIpc) is 2.25. The van der Waals surface area contributed by atoms with Crippen molar-refractivity contribution in [3.63, 3.8) is 0 Å². The number of anilines is 1. The quantitative estimate of drug-likeness (QED) is 0.698. The summed E-state index contributed by atoms with van der Waals surface area (Å²) < 4.78 is 0. The van der Waals surface area contributed by atoms with Gasteiger partial charge in [0.1, 0.15) is 5.82 Å². The summed E-state index contributed by atoms with van der Waals surface area (Å²) in [6, 6.07) is 3.07. The number of hydrogen-bond acceptors (Lipinski definition) is 4. The lowest BCUT2D eigenvalue weighted by Crippen LogP contribution is -2.07. The highest BCUT2D eigenvalue weighted by Gasteiger charge is 2.04. The molecular weight excluding hydrogens is 194 g/mol. The molecule has 0 unspecified atom stereocenters. The SMILES string of the molecule is CCCCCNc1ccc(C(=O)O)nn1. The van der Waals surface area contributed by atoms with E-state index in [9.17, 15) is 4.79 Å². The lowest BCUT2D eigenvalue weighted by Gasteiger charge is -2.03. The van der Waals surface area contributed by atoms with Gasteiger partial charge in [-0.25, -0.2) is 4.79 Å². The van der Waals surface area contributed by atoms with Gasteiger partial charge in [0, 0.05) is 6.54 Å². The highest BCUT2D eigenvalue weighted by molar-refractivity contribution is 5.85. The molecule has 0 spiro atoms. The molecule has 1 heterocycles. The summed E-state index contributed by atoms with van der Waals surface area (Å²) in [5.74, 6) is -0.434. The smallest absolute Gasteiger partial charge is 0.356 e. The molecule has 2 N–H and O–H groups in total. The van der Waals surface area contributed by atoms with Gasteiger partial charge in [-0.3, -0.25) is 0 Å². The van der Waals surface area contributed by atoms with Gasteiger partial charge in [0.2, 0.25) is 0 Å². The number of carboxylic acid groups (broad SMARTS) is 1. The molecule has 0 fully saturated rings. The van der Waals surface area contributed by atoms with Gasteiger partial charge < -0.3 is 10.4 Å². The molecule has 0 radical (unpaired) electrons. The van der Waals surface area contributed by atoms with Crippen LogP contribution in [0.1, 0.15) is 36.7 Å². The summed E-state index contributed by atoms with van der Waals surface area (Å²) in [4.78, 5) is 10.5. The maximum Gasteiger partial charge on any atom is 0.356 e. The Balaban J connectivity index is 2.39. The van der Waals surface area contributed by atoms with E-state index in [0.717, 1.165) is 13.0 Å². The number of nitrogens with zero attached hydrogens (tertiary/aromatic N) is 2. The first-order valence-corrected chi connectivity index (χ1v) is 5.05.